The minimum atomic E-state index is -0.315. The fourth-order valence-corrected chi connectivity index (χ4v) is 2.26. The number of nitrogens with zero attached hydrogens (tertiary/aromatic N) is 1. The van der Waals surface area contributed by atoms with E-state index >= 15 is 0 Å². The van der Waals surface area contributed by atoms with Crippen LogP contribution in [0.3, 0.4) is 0 Å². The van der Waals surface area contributed by atoms with Crippen molar-refractivity contribution in [1.82, 2.24) is 4.98 Å². The molecule has 0 bridgehead atoms. The first-order valence-electron chi connectivity index (χ1n) is 6.92. The highest BCUT2D eigenvalue weighted by Crippen LogP contribution is 2.27. The summed E-state index contributed by atoms with van der Waals surface area (Å²) >= 11 is 0. The number of hydrogen-bond donors (Lipinski definition) is 0. The Morgan fingerprint density at radius 3 is 2.80 bits per heavy atom. The number of hydrogen-bond acceptors (Lipinski definition) is 2. The lowest BCUT2D eigenvalue weighted by atomic mass is 10.1. The molecule has 3 aromatic rings. The van der Waals surface area contributed by atoms with Gasteiger partial charge in [0.1, 0.15) is 11.3 Å². The summed E-state index contributed by atoms with van der Waals surface area (Å²) in [6.45, 7) is 2.17. The van der Waals surface area contributed by atoms with Crippen LogP contribution in [-0.2, 0) is 6.42 Å². The second-order valence-corrected chi connectivity index (χ2v) is 4.90. The van der Waals surface area contributed by atoms with Crippen LogP contribution < -0.4 is 0 Å². The van der Waals surface area contributed by atoms with Gasteiger partial charge in [-0.1, -0.05) is 31.5 Å². The Hall–Kier alpha value is -2.16. The molecule has 0 saturated heterocycles. The third-order valence-corrected chi connectivity index (χ3v) is 3.38. The molecule has 0 atom stereocenters. The second kappa shape index (κ2) is 5.45. The van der Waals surface area contributed by atoms with E-state index in [9.17, 15) is 4.39 Å². The highest BCUT2D eigenvalue weighted by Gasteiger charge is 2.12. The van der Waals surface area contributed by atoms with Gasteiger partial charge in [0.15, 0.2) is 5.58 Å². The zero-order chi connectivity index (χ0) is 13.9. The number of aryl methyl sites for hydroxylation is 1. The van der Waals surface area contributed by atoms with Crippen molar-refractivity contribution in [3.63, 3.8) is 0 Å². The lowest BCUT2D eigenvalue weighted by molar-refractivity contribution is 0.593. The Bertz CT molecular complexity index is 733. The van der Waals surface area contributed by atoms with E-state index in [1.54, 1.807) is 18.2 Å². The average Bonchev–Trinajstić information content (AvgIpc) is 2.88. The SMILES string of the molecule is CCCCc1ccc2oc(-c3ccccc3F)nc2c1. The molecule has 0 aliphatic heterocycles. The van der Waals surface area contributed by atoms with Crippen LogP contribution in [0.5, 0.6) is 0 Å². The Balaban J connectivity index is 2.00. The van der Waals surface area contributed by atoms with Crippen molar-refractivity contribution in [3.8, 4) is 11.5 Å². The summed E-state index contributed by atoms with van der Waals surface area (Å²) in [6.07, 6.45) is 3.36. The van der Waals surface area contributed by atoms with Crippen molar-refractivity contribution in [2.24, 2.45) is 0 Å². The Labute approximate surface area is 117 Å². The molecule has 0 amide bonds. The topological polar surface area (TPSA) is 26.0 Å². The summed E-state index contributed by atoms with van der Waals surface area (Å²) in [7, 11) is 0. The van der Waals surface area contributed by atoms with E-state index in [1.165, 1.54) is 11.6 Å². The summed E-state index contributed by atoms with van der Waals surface area (Å²) < 4.78 is 19.4. The molecule has 0 spiro atoms. The number of benzene rings is 2. The Morgan fingerprint density at radius 2 is 2.00 bits per heavy atom. The lowest BCUT2D eigenvalue weighted by Crippen LogP contribution is -1.84. The predicted octanol–water partition coefficient (Wildman–Crippen LogP) is 4.98. The quantitative estimate of drug-likeness (QED) is 0.667. The molecule has 0 aliphatic carbocycles. The number of aromatic nitrogens is 1. The van der Waals surface area contributed by atoms with Crippen LogP contribution >= 0.6 is 0 Å². The number of oxazole rings is 1. The second-order valence-electron chi connectivity index (χ2n) is 4.90. The van der Waals surface area contributed by atoms with Crippen LogP contribution in [0.1, 0.15) is 25.3 Å². The fourth-order valence-electron chi connectivity index (χ4n) is 2.26. The molecule has 0 aliphatic rings. The molecule has 0 unspecified atom stereocenters. The van der Waals surface area contributed by atoms with Crippen molar-refractivity contribution < 1.29 is 8.81 Å². The first kappa shape index (κ1) is 12.9. The zero-order valence-electron chi connectivity index (χ0n) is 11.4. The van der Waals surface area contributed by atoms with Crippen LogP contribution in [-0.4, -0.2) is 4.98 Å². The number of fused-ring (bicyclic) bond motifs is 1. The molecule has 2 aromatic carbocycles. The summed E-state index contributed by atoms with van der Waals surface area (Å²) in [5.41, 5.74) is 3.13. The van der Waals surface area contributed by atoms with Gasteiger partial charge >= 0.3 is 0 Å². The highest BCUT2D eigenvalue weighted by molar-refractivity contribution is 5.77. The van der Waals surface area contributed by atoms with Crippen molar-refractivity contribution in [1.29, 1.82) is 0 Å². The molecule has 0 saturated carbocycles. The monoisotopic (exact) mass is 269 g/mol. The molecule has 1 aromatic heterocycles. The maximum Gasteiger partial charge on any atom is 0.230 e. The first-order chi connectivity index (χ1) is 9.78. The maximum atomic E-state index is 13.7. The molecule has 0 N–H and O–H groups in total. The Morgan fingerprint density at radius 1 is 1.15 bits per heavy atom. The van der Waals surface area contributed by atoms with Crippen LogP contribution in [0.2, 0.25) is 0 Å². The van der Waals surface area contributed by atoms with E-state index in [2.05, 4.69) is 11.9 Å². The van der Waals surface area contributed by atoms with E-state index in [0.717, 1.165) is 24.8 Å². The average molecular weight is 269 g/mol. The Kier molecular flexibility index (Phi) is 3.50. The maximum absolute atomic E-state index is 13.7. The molecular formula is C17H16FNO. The van der Waals surface area contributed by atoms with Gasteiger partial charge in [-0.25, -0.2) is 9.37 Å². The summed E-state index contributed by atoms with van der Waals surface area (Å²) in [4.78, 5) is 4.41. The molecule has 102 valence electrons. The number of rotatable bonds is 4. The van der Waals surface area contributed by atoms with E-state index < -0.39 is 0 Å². The first-order valence-corrected chi connectivity index (χ1v) is 6.92. The standard InChI is InChI=1S/C17H16FNO/c1-2-3-6-12-9-10-16-15(11-12)19-17(20-16)13-7-4-5-8-14(13)18/h4-5,7-11H,2-3,6H2,1H3. The van der Waals surface area contributed by atoms with Gasteiger partial charge in [-0.05, 0) is 42.7 Å². The third-order valence-electron chi connectivity index (χ3n) is 3.38. The van der Waals surface area contributed by atoms with E-state index in [-0.39, 0.29) is 5.82 Å². The summed E-state index contributed by atoms with van der Waals surface area (Å²) in [5, 5.41) is 0. The van der Waals surface area contributed by atoms with Crippen LogP contribution in [0.25, 0.3) is 22.6 Å². The van der Waals surface area contributed by atoms with Crippen LogP contribution in [0.4, 0.5) is 4.39 Å². The molecule has 3 rings (SSSR count). The van der Waals surface area contributed by atoms with Gasteiger partial charge in [-0.15, -0.1) is 0 Å². The van der Waals surface area contributed by atoms with Crippen LogP contribution in [0, 0.1) is 5.82 Å². The smallest absolute Gasteiger partial charge is 0.230 e. The van der Waals surface area contributed by atoms with Crippen molar-refractivity contribution >= 4 is 11.1 Å². The van der Waals surface area contributed by atoms with Gasteiger partial charge in [0.05, 0.1) is 5.56 Å². The van der Waals surface area contributed by atoms with E-state index in [1.807, 2.05) is 18.2 Å². The normalized spacial score (nSPS) is 11.1. The number of unbranched alkanes of at least 4 members (excludes halogenated alkanes) is 1. The van der Waals surface area contributed by atoms with Crippen molar-refractivity contribution in [2.45, 2.75) is 26.2 Å². The van der Waals surface area contributed by atoms with Gasteiger partial charge < -0.3 is 4.42 Å². The van der Waals surface area contributed by atoms with Crippen molar-refractivity contribution in [3.05, 3.63) is 53.8 Å². The van der Waals surface area contributed by atoms with Crippen LogP contribution in [0.15, 0.2) is 46.9 Å². The minimum Gasteiger partial charge on any atom is -0.436 e. The fraction of sp³-hybridized carbons (Fsp3) is 0.235. The minimum absolute atomic E-state index is 0.315. The molecule has 0 radical (unpaired) electrons. The lowest BCUT2D eigenvalue weighted by Gasteiger charge is -1.97. The molecule has 1 heterocycles. The van der Waals surface area contributed by atoms with Gasteiger partial charge in [0.25, 0.3) is 0 Å². The largest absolute Gasteiger partial charge is 0.436 e. The third kappa shape index (κ3) is 2.44. The molecule has 0 fully saturated rings. The zero-order valence-corrected chi connectivity index (χ0v) is 11.4. The van der Waals surface area contributed by atoms with Gasteiger partial charge in [-0.2, -0.15) is 0 Å². The summed E-state index contributed by atoms with van der Waals surface area (Å²) in [5.74, 6) is 0.0241. The van der Waals surface area contributed by atoms with E-state index in [0.29, 0.717) is 17.0 Å². The molecule has 2 nitrogen and oxygen atoms in total. The van der Waals surface area contributed by atoms with Crippen molar-refractivity contribution in [2.75, 3.05) is 0 Å². The molecular weight excluding hydrogens is 253 g/mol. The van der Waals surface area contributed by atoms with Gasteiger partial charge in [0.2, 0.25) is 5.89 Å². The number of halogens is 1. The summed E-state index contributed by atoms with van der Waals surface area (Å²) in [6, 6.07) is 12.5. The van der Waals surface area contributed by atoms with Gasteiger partial charge in [0, 0.05) is 0 Å². The molecule has 20 heavy (non-hydrogen) atoms. The highest BCUT2D eigenvalue weighted by atomic mass is 19.1. The predicted molar refractivity (Wildman–Crippen MR) is 78.0 cm³/mol. The molecule has 3 heteroatoms. The van der Waals surface area contributed by atoms with Gasteiger partial charge in [-0.3, -0.25) is 0 Å². The van der Waals surface area contributed by atoms with E-state index in [4.69, 9.17) is 4.42 Å².